The molecule has 2 N–H and O–H groups in total. The Kier molecular flexibility index (Phi) is 11.5. The molecule has 2 aromatic carbocycles. The fourth-order valence-corrected chi connectivity index (χ4v) is 4.09. The van der Waals surface area contributed by atoms with E-state index in [-0.39, 0.29) is 29.9 Å². The van der Waals surface area contributed by atoms with Gasteiger partial charge in [-0.1, -0.05) is 24.3 Å². The summed E-state index contributed by atoms with van der Waals surface area (Å²) in [5.74, 6) is 0.838. The molecule has 180 valence electrons. The Balaban J connectivity index is 0.00000385. The monoisotopic (exact) mass is 563 g/mol. The predicted octanol–water partition coefficient (Wildman–Crippen LogP) is 4.29. The molecule has 1 aliphatic rings. The summed E-state index contributed by atoms with van der Waals surface area (Å²) in [6.07, 6.45) is 4.73. The van der Waals surface area contributed by atoms with Crippen LogP contribution in [-0.4, -0.2) is 57.0 Å². The van der Waals surface area contributed by atoms with Gasteiger partial charge in [0.05, 0.1) is 0 Å². The molecule has 0 atom stereocenters. The Morgan fingerprint density at radius 2 is 1.79 bits per heavy atom. The quantitative estimate of drug-likeness (QED) is 0.286. The highest BCUT2D eigenvalue weighted by molar-refractivity contribution is 14.0. The van der Waals surface area contributed by atoms with Gasteiger partial charge in [-0.15, -0.1) is 24.0 Å². The molecule has 1 saturated heterocycles. The number of piperidine rings is 1. The first-order valence-electron chi connectivity index (χ1n) is 11.7. The minimum absolute atomic E-state index is 0. The van der Waals surface area contributed by atoms with Crippen LogP contribution < -0.4 is 15.5 Å². The number of nitrogens with one attached hydrogen (secondary N) is 2. The summed E-state index contributed by atoms with van der Waals surface area (Å²) in [4.78, 5) is 21.3. The largest absolute Gasteiger partial charge is 0.372 e. The Hall–Kier alpha value is -2.29. The summed E-state index contributed by atoms with van der Waals surface area (Å²) < 4.78 is 0. The molecule has 0 saturated carbocycles. The number of carbonyl (C=O) groups excluding carboxylic acids is 1. The first kappa shape index (κ1) is 27.0. The van der Waals surface area contributed by atoms with Crippen LogP contribution in [0, 0.1) is 0 Å². The first-order valence-corrected chi connectivity index (χ1v) is 11.7. The van der Waals surface area contributed by atoms with Gasteiger partial charge in [-0.05, 0) is 68.0 Å². The van der Waals surface area contributed by atoms with Crippen LogP contribution in [-0.2, 0) is 13.0 Å². The maximum Gasteiger partial charge on any atom is 0.251 e. The number of guanidine groups is 1. The second kappa shape index (κ2) is 14.1. The number of rotatable bonds is 8. The van der Waals surface area contributed by atoms with Crippen molar-refractivity contribution in [3.8, 4) is 0 Å². The van der Waals surface area contributed by atoms with Gasteiger partial charge in [-0.25, -0.2) is 0 Å². The maximum absolute atomic E-state index is 11.8. The van der Waals surface area contributed by atoms with Gasteiger partial charge in [-0.2, -0.15) is 0 Å². The highest BCUT2D eigenvalue weighted by Crippen LogP contribution is 2.20. The lowest BCUT2D eigenvalue weighted by molar-refractivity contribution is 0.0963. The van der Waals surface area contributed by atoms with E-state index in [9.17, 15) is 4.79 Å². The summed E-state index contributed by atoms with van der Waals surface area (Å²) in [5.41, 5.74) is 4.40. The third kappa shape index (κ3) is 8.21. The van der Waals surface area contributed by atoms with Crippen molar-refractivity contribution in [1.29, 1.82) is 0 Å². The van der Waals surface area contributed by atoms with Gasteiger partial charge in [0.1, 0.15) is 0 Å². The van der Waals surface area contributed by atoms with Crippen molar-refractivity contribution in [2.45, 2.75) is 39.2 Å². The molecule has 6 nitrogen and oxygen atoms in total. The van der Waals surface area contributed by atoms with Crippen LogP contribution in [0.3, 0.4) is 0 Å². The molecule has 33 heavy (non-hydrogen) atoms. The fraction of sp³-hybridized carbons (Fsp3) is 0.462. The maximum atomic E-state index is 11.8. The van der Waals surface area contributed by atoms with E-state index in [1.165, 1.54) is 43.6 Å². The molecule has 1 aliphatic heterocycles. The van der Waals surface area contributed by atoms with Crippen molar-refractivity contribution in [2.75, 3.05) is 45.2 Å². The average molecular weight is 564 g/mol. The van der Waals surface area contributed by atoms with Crippen molar-refractivity contribution >= 4 is 41.5 Å². The third-order valence-corrected chi connectivity index (χ3v) is 5.85. The Morgan fingerprint density at radius 3 is 2.45 bits per heavy atom. The van der Waals surface area contributed by atoms with Crippen LogP contribution in [0.25, 0.3) is 0 Å². The lowest BCUT2D eigenvalue weighted by Crippen LogP contribution is -2.38. The summed E-state index contributed by atoms with van der Waals surface area (Å²) in [7, 11) is 3.73. The van der Waals surface area contributed by atoms with Gasteiger partial charge in [0.15, 0.2) is 5.96 Å². The van der Waals surface area contributed by atoms with Crippen molar-refractivity contribution in [3.63, 3.8) is 0 Å². The molecule has 0 spiro atoms. The SMILES string of the molecule is CCNC(=NCCc1cccc(C(=O)NC)c1)N(C)Cc1ccc(N2CCCCC2)cc1.I. The Labute approximate surface area is 215 Å². The minimum atomic E-state index is -0.0604. The zero-order valence-corrected chi connectivity index (χ0v) is 22.5. The van der Waals surface area contributed by atoms with Gasteiger partial charge >= 0.3 is 0 Å². The highest BCUT2D eigenvalue weighted by Gasteiger charge is 2.12. The number of hydrogen-bond donors (Lipinski definition) is 2. The molecule has 3 rings (SSSR count). The van der Waals surface area contributed by atoms with E-state index in [0.29, 0.717) is 12.1 Å². The molecule has 0 aliphatic carbocycles. The zero-order valence-electron chi connectivity index (χ0n) is 20.1. The van der Waals surface area contributed by atoms with Gasteiger partial charge in [-0.3, -0.25) is 9.79 Å². The molecule has 0 bridgehead atoms. The lowest BCUT2D eigenvalue weighted by Gasteiger charge is -2.29. The summed E-state index contributed by atoms with van der Waals surface area (Å²) in [5, 5.41) is 6.07. The van der Waals surface area contributed by atoms with Crippen molar-refractivity contribution in [2.24, 2.45) is 4.99 Å². The molecular formula is C26H38IN5O. The smallest absolute Gasteiger partial charge is 0.251 e. The molecule has 1 heterocycles. The van der Waals surface area contributed by atoms with Crippen LogP contribution in [0.2, 0.25) is 0 Å². The number of hydrogen-bond acceptors (Lipinski definition) is 3. The van der Waals surface area contributed by atoms with Gasteiger partial charge in [0, 0.05) is 58.1 Å². The van der Waals surface area contributed by atoms with E-state index in [2.05, 4.69) is 58.7 Å². The molecule has 7 heteroatoms. The fourth-order valence-electron chi connectivity index (χ4n) is 4.09. The molecule has 0 unspecified atom stereocenters. The standard InChI is InChI=1S/C26H37N5O.HI/c1-4-28-26(29-16-15-21-9-8-10-23(19-21)25(32)27-2)30(3)20-22-11-13-24(14-12-22)31-17-6-5-7-18-31;/h8-14,19H,4-7,15-18,20H2,1-3H3,(H,27,32)(H,28,29);1H. The number of halogens is 1. The number of benzene rings is 2. The van der Waals surface area contributed by atoms with E-state index in [0.717, 1.165) is 31.0 Å². The molecule has 1 fully saturated rings. The van der Waals surface area contributed by atoms with E-state index in [4.69, 9.17) is 4.99 Å². The van der Waals surface area contributed by atoms with Gasteiger partial charge < -0.3 is 20.4 Å². The molecule has 2 aromatic rings. The van der Waals surface area contributed by atoms with Crippen LogP contribution >= 0.6 is 24.0 Å². The molecule has 0 aromatic heterocycles. The predicted molar refractivity (Wildman–Crippen MR) is 149 cm³/mol. The average Bonchev–Trinajstić information content (AvgIpc) is 2.84. The number of anilines is 1. The van der Waals surface area contributed by atoms with Crippen molar-refractivity contribution in [3.05, 3.63) is 65.2 Å². The Morgan fingerprint density at radius 1 is 1.06 bits per heavy atom. The second-order valence-corrected chi connectivity index (χ2v) is 8.34. The van der Waals surface area contributed by atoms with Crippen LogP contribution in [0.5, 0.6) is 0 Å². The van der Waals surface area contributed by atoms with E-state index < -0.39 is 0 Å². The van der Waals surface area contributed by atoms with E-state index in [1.807, 2.05) is 24.3 Å². The normalized spacial score (nSPS) is 13.8. The molecule has 1 amide bonds. The van der Waals surface area contributed by atoms with Gasteiger partial charge in [0.25, 0.3) is 5.91 Å². The minimum Gasteiger partial charge on any atom is -0.372 e. The van der Waals surface area contributed by atoms with Crippen molar-refractivity contribution < 1.29 is 4.79 Å². The van der Waals surface area contributed by atoms with Crippen LogP contribution in [0.4, 0.5) is 5.69 Å². The summed E-state index contributed by atoms with van der Waals surface area (Å²) in [6.45, 7) is 6.72. The number of aliphatic imine (C=N–C) groups is 1. The molecular weight excluding hydrogens is 525 g/mol. The van der Waals surface area contributed by atoms with Crippen molar-refractivity contribution in [1.82, 2.24) is 15.5 Å². The topological polar surface area (TPSA) is 60.0 Å². The third-order valence-electron chi connectivity index (χ3n) is 5.85. The van der Waals surface area contributed by atoms with Crippen LogP contribution in [0.1, 0.15) is 47.7 Å². The number of nitrogens with zero attached hydrogens (tertiary/aromatic N) is 3. The van der Waals surface area contributed by atoms with Gasteiger partial charge in [0.2, 0.25) is 0 Å². The number of carbonyl (C=O) groups is 1. The Bertz CT molecular complexity index is 894. The second-order valence-electron chi connectivity index (χ2n) is 8.34. The summed E-state index contributed by atoms with van der Waals surface area (Å²) >= 11 is 0. The molecule has 0 radical (unpaired) electrons. The van der Waals surface area contributed by atoms with Crippen LogP contribution in [0.15, 0.2) is 53.5 Å². The highest BCUT2D eigenvalue weighted by atomic mass is 127. The number of amides is 1. The summed E-state index contributed by atoms with van der Waals surface area (Å²) in [6, 6.07) is 16.7. The van der Waals surface area contributed by atoms with E-state index >= 15 is 0 Å². The van der Waals surface area contributed by atoms with E-state index in [1.54, 1.807) is 7.05 Å². The zero-order chi connectivity index (χ0) is 22.8. The lowest BCUT2D eigenvalue weighted by atomic mass is 10.1. The first-order chi connectivity index (χ1) is 15.6.